The Kier molecular flexibility index (Phi) is 4.19. The van der Waals surface area contributed by atoms with E-state index in [2.05, 4.69) is 37.9 Å². The minimum absolute atomic E-state index is 0.508. The first-order valence-corrected chi connectivity index (χ1v) is 10.6. The molecule has 0 saturated heterocycles. The number of thiophene rings is 1. The van der Waals surface area contributed by atoms with Gasteiger partial charge in [-0.3, -0.25) is 9.55 Å². The summed E-state index contributed by atoms with van der Waals surface area (Å²) in [7, 11) is 0. The van der Waals surface area contributed by atoms with E-state index in [-0.39, 0.29) is 0 Å². The van der Waals surface area contributed by atoms with Crippen molar-refractivity contribution in [2.75, 3.05) is 0 Å². The topological polar surface area (TPSA) is 43.6 Å². The van der Waals surface area contributed by atoms with Gasteiger partial charge >= 0.3 is 0 Å². The van der Waals surface area contributed by atoms with Crippen molar-refractivity contribution in [3.63, 3.8) is 0 Å². The van der Waals surface area contributed by atoms with Gasteiger partial charge in [0.2, 0.25) is 0 Å². The molecule has 0 unspecified atom stereocenters. The number of hydrogen-bond acceptors (Lipinski definition) is 5. The van der Waals surface area contributed by atoms with Gasteiger partial charge in [0, 0.05) is 44.7 Å². The Morgan fingerprint density at radius 1 is 1.12 bits per heavy atom. The molecule has 1 aliphatic carbocycles. The van der Waals surface area contributed by atoms with E-state index >= 15 is 0 Å². The van der Waals surface area contributed by atoms with Gasteiger partial charge in [-0.15, -0.1) is 21.5 Å². The molecule has 0 bridgehead atoms. The van der Waals surface area contributed by atoms with Gasteiger partial charge in [-0.1, -0.05) is 41.6 Å². The van der Waals surface area contributed by atoms with E-state index in [1.807, 2.05) is 18.2 Å². The number of fused-ring (bicyclic) bond motifs is 1. The number of benzene rings is 1. The first-order valence-electron chi connectivity index (χ1n) is 8.45. The molecule has 3 heterocycles. The number of hydrogen-bond donors (Lipinski definition) is 0. The number of nitrogens with zero attached hydrogens (tertiary/aromatic N) is 4. The van der Waals surface area contributed by atoms with Crippen molar-refractivity contribution in [2.24, 2.45) is 0 Å². The fourth-order valence-corrected chi connectivity index (χ4v) is 5.69. The third kappa shape index (κ3) is 2.92. The van der Waals surface area contributed by atoms with Gasteiger partial charge in [0.15, 0.2) is 11.0 Å². The van der Waals surface area contributed by atoms with Crippen molar-refractivity contribution in [1.29, 1.82) is 0 Å². The van der Waals surface area contributed by atoms with Crippen LogP contribution >= 0.6 is 34.7 Å². The van der Waals surface area contributed by atoms with Crippen LogP contribution in [0.1, 0.15) is 23.8 Å². The molecule has 0 atom stereocenters. The van der Waals surface area contributed by atoms with Gasteiger partial charge in [-0.2, -0.15) is 0 Å². The highest BCUT2D eigenvalue weighted by Crippen LogP contribution is 2.43. The molecule has 1 aromatic carbocycles. The summed E-state index contributed by atoms with van der Waals surface area (Å²) in [5.74, 6) is 1.74. The van der Waals surface area contributed by atoms with Crippen LogP contribution in [-0.2, 0) is 5.75 Å². The largest absolute Gasteiger partial charge is 0.299 e. The Balaban J connectivity index is 1.45. The normalized spacial score (nSPS) is 14.2. The first kappa shape index (κ1) is 16.3. The van der Waals surface area contributed by atoms with E-state index < -0.39 is 0 Å². The van der Waals surface area contributed by atoms with Crippen molar-refractivity contribution < 1.29 is 0 Å². The summed E-state index contributed by atoms with van der Waals surface area (Å²) in [5.41, 5.74) is 1.06. The van der Waals surface area contributed by atoms with E-state index in [0.717, 1.165) is 32.7 Å². The summed E-state index contributed by atoms with van der Waals surface area (Å²) < 4.78 is 3.51. The summed E-state index contributed by atoms with van der Waals surface area (Å²) in [5, 5.41) is 11.9. The molecule has 130 valence electrons. The lowest BCUT2D eigenvalue weighted by Gasteiger charge is -2.08. The molecule has 4 aromatic rings. The van der Waals surface area contributed by atoms with Crippen molar-refractivity contribution in [1.82, 2.24) is 19.7 Å². The van der Waals surface area contributed by atoms with Crippen molar-refractivity contribution >= 4 is 44.8 Å². The number of rotatable bonds is 5. The van der Waals surface area contributed by atoms with Crippen LogP contribution in [-0.4, -0.2) is 19.7 Å². The van der Waals surface area contributed by atoms with Crippen LogP contribution in [0.4, 0.5) is 0 Å². The van der Waals surface area contributed by atoms with Crippen molar-refractivity contribution in [3.8, 4) is 11.4 Å². The Hall–Kier alpha value is -1.89. The van der Waals surface area contributed by atoms with Gasteiger partial charge in [0.05, 0.1) is 5.02 Å². The molecule has 7 heteroatoms. The van der Waals surface area contributed by atoms with Gasteiger partial charge in [0.1, 0.15) is 0 Å². The van der Waals surface area contributed by atoms with E-state index in [4.69, 9.17) is 11.6 Å². The molecular formula is C19H15ClN4S2. The van der Waals surface area contributed by atoms with Crippen molar-refractivity contribution in [3.05, 3.63) is 58.7 Å². The smallest absolute Gasteiger partial charge is 0.192 e. The summed E-state index contributed by atoms with van der Waals surface area (Å²) in [6, 6.07) is 12.8. The number of thioether (sulfide) groups is 1. The Labute approximate surface area is 164 Å². The molecule has 3 aromatic heterocycles. The van der Waals surface area contributed by atoms with E-state index in [9.17, 15) is 0 Å². The highest BCUT2D eigenvalue weighted by atomic mass is 35.5. The molecule has 1 aliphatic rings. The lowest BCUT2D eigenvalue weighted by atomic mass is 10.2. The second-order valence-corrected chi connectivity index (χ2v) is 8.72. The number of pyridine rings is 1. The standard InChI is InChI=1S/C19H15ClN4S2/c20-17-14-3-1-2-4-15(14)26-16(17)11-25-19-23-22-18(24(19)13-5-6-13)12-7-9-21-10-8-12/h1-4,7-10,13H,5-6,11H2. The number of halogens is 1. The molecule has 1 fully saturated rings. The third-order valence-corrected chi connectivity index (χ3v) is 7.32. The summed E-state index contributed by atoms with van der Waals surface area (Å²) >= 11 is 10.1. The van der Waals surface area contributed by atoms with Crippen molar-refractivity contribution in [2.45, 2.75) is 29.8 Å². The Morgan fingerprint density at radius 3 is 2.69 bits per heavy atom. The van der Waals surface area contributed by atoms with E-state index in [1.165, 1.54) is 22.4 Å². The van der Waals surface area contributed by atoms with Gasteiger partial charge in [-0.25, -0.2) is 0 Å². The summed E-state index contributed by atoms with van der Waals surface area (Å²) in [6.07, 6.45) is 5.97. The molecule has 0 amide bonds. The zero-order valence-electron chi connectivity index (χ0n) is 13.8. The van der Waals surface area contributed by atoms with Gasteiger partial charge in [0.25, 0.3) is 0 Å². The SMILES string of the molecule is Clc1c(CSc2nnc(-c3ccncc3)n2C2CC2)sc2ccccc12. The minimum Gasteiger partial charge on any atom is -0.299 e. The fourth-order valence-electron chi connectivity index (χ4n) is 3.02. The van der Waals surface area contributed by atoms with Crippen LogP contribution in [0.3, 0.4) is 0 Å². The summed E-state index contributed by atoms with van der Waals surface area (Å²) in [6.45, 7) is 0. The van der Waals surface area contributed by atoms with Crippen LogP contribution < -0.4 is 0 Å². The zero-order valence-corrected chi connectivity index (χ0v) is 16.2. The predicted molar refractivity (Wildman–Crippen MR) is 108 cm³/mol. The lowest BCUT2D eigenvalue weighted by Crippen LogP contribution is -1.99. The minimum atomic E-state index is 0.508. The monoisotopic (exact) mass is 398 g/mol. The maximum absolute atomic E-state index is 6.59. The molecule has 0 radical (unpaired) electrons. The average molecular weight is 399 g/mol. The quantitative estimate of drug-likeness (QED) is 0.396. The molecule has 4 nitrogen and oxygen atoms in total. The second kappa shape index (κ2) is 6.68. The van der Waals surface area contributed by atoms with Gasteiger partial charge < -0.3 is 0 Å². The van der Waals surface area contributed by atoms with Gasteiger partial charge in [-0.05, 0) is 31.0 Å². The molecular weight excluding hydrogens is 384 g/mol. The Bertz CT molecular complexity index is 1070. The van der Waals surface area contributed by atoms with Crippen LogP contribution in [0.25, 0.3) is 21.5 Å². The third-order valence-electron chi connectivity index (χ3n) is 4.45. The average Bonchev–Trinajstić information content (AvgIpc) is 3.36. The second-order valence-electron chi connectivity index (χ2n) is 6.27. The van der Waals surface area contributed by atoms with Crippen LogP contribution in [0, 0.1) is 0 Å². The maximum atomic E-state index is 6.59. The maximum Gasteiger partial charge on any atom is 0.192 e. The molecule has 0 aliphatic heterocycles. The Morgan fingerprint density at radius 2 is 1.92 bits per heavy atom. The van der Waals surface area contributed by atoms with E-state index in [0.29, 0.717) is 6.04 Å². The lowest BCUT2D eigenvalue weighted by molar-refractivity contribution is 0.669. The highest BCUT2D eigenvalue weighted by molar-refractivity contribution is 7.98. The van der Waals surface area contributed by atoms with Crippen LogP contribution in [0.5, 0.6) is 0 Å². The number of aromatic nitrogens is 4. The summed E-state index contributed by atoms with van der Waals surface area (Å²) in [4.78, 5) is 5.29. The molecule has 26 heavy (non-hydrogen) atoms. The molecule has 1 saturated carbocycles. The zero-order chi connectivity index (χ0) is 17.5. The molecule has 0 spiro atoms. The van der Waals surface area contributed by atoms with Crippen LogP contribution in [0.2, 0.25) is 5.02 Å². The molecule has 5 rings (SSSR count). The fraction of sp³-hybridized carbons (Fsp3) is 0.211. The molecule has 0 N–H and O–H groups in total. The predicted octanol–water partition coefficient (Wildman–Crippen LogP) is 5.84. The van der Waals surface area contributed by atoms with E-state index in [1.54, 1.807) is 35.5 Å². The van der Waals surface area contributed by atoms with Crippen LogP contribution in [0.15, 0.2) is 53.9 Å². The first-order chi connectivity index (χ1) is 12.8. The highest BCUT2D eigenvalue weighted by Gasteiger charge is 2.30.